The molecule has 3 unspecified atom stereocenters. The molecule has 0 bridgehead atoms. The molecule has 0 N–H and O–H groups in total. The molecule has 0 spiro atoms. The van der Waals surface area contributed by atoms with E-state index in [1.54, 1.807) is 6.20 Å². The molecule has 0 radical (unpaired) electrons. The number of nitrogens with zero attached hydrogens (tertiary/aromatic N) is 5. The van der Waals surface area contributed by atoms with E-state index in [9.17, 15) is 0 Å². The van der Waals surface area contributed by atoms with E-state index in [1.807, 2.05) is 48.9 Å². The van der Waals surface area contributed by atoms with Gasteiger partial charge in [-0.3, -0.25) is 9.97 Å². The molecule has 14 aromatic carbocycles. The third-order valence-corrected chi connectivity index (χ3v) is 25.8. The van der Waals surface area contributed by atoms with Crippen molar-refractivity contribution in [3.05, 3.63) is 402 Å². The zero-order valence-corrected chi connectivity index (χ0v) is 65.4. The topological polar surface area (TPSA) is 104 Å². The third-order valence-electron chi connectivity index (χ3n) is 25.8. The molecule has 3 atom stereocenters. The first-order valence-corrected chi connectivity index (χ1v) is 40.5. The summed E-state index contributed by atoms with van der Waals surface area (Å²) in [5, 5.41) is 10.6. The van der Waals surface area contributed by atoms with Crippen molar-refractivity contribution in [1.82, 2.24) is 24.9 Å². The van der Waals surface area contributed by atoms with Gasteiger partial charge in [0.2, 0.25) is 0 Å². The molecule has 0 fully saturated rings. The molecule has 0 saturated carbocycles. The van der Waals surface area contributed by atoms with Gasteiger partial charge in [-0.2, -0.15) is 0 Å². The van der Waals surface area contributed by atoms with Crippen LogP contribution in [-0.4, -0.2) is 24.9 Å². The van der Waals surface area contributed by atoms with Crippen molar-refractivity contribution in [2.24, 2.45) is 0 Å². The van der Waals surface area contributed by atoms with Crippen molar-refractivity contribution < 1.29 is 13.3 Å². The van der Waals surface area contributed by atoms with Gasteiger partial charge in [0.05, 0.1) is 22.6 Å². The van der Waals surface area contributed by atoms with Crippen LogP contribution in [0.1, 0.15) is 90.6 Å². The van der Waals surface area contributed by atoms with Gasteiger partial charge < -0.3 is 13.3 Å². The molecule has 7 aromatic heterocycles. The van der Waals surface area contributed by atoms with Crippen molar-refractivity contribution >= 4 is 87.5 Å². The second-order valence-corrected chi connectivity index (χ2v) is 31.7. The Hall–Kier alpha value is -14.5. The lowest BCUT2D eigenvalue weighted by molar-refractivity contribution is 0.553. The van der Waals surface area contributed by atoms with Gasteiger partial charge in [0.15, 0.2) is 5.82 Å². The lowest BCUT2D eigenvalue weighted by Gasteiger charge is -2.32. The summed E-state index contributed by atoms with van der Waals surface area (Å²) in [5.41, 5.74) is 34.6. The summed E-state index contributed by atoms with van der Waals surface area (Å²) in [5.74, 6) is 0.712. The van der Waals surface area contributed by atoms with Gasteiger partial charge in [0.25, 0.3) is 0 Å². The minimum absolute atomic E-state index is 0.125. The van der Waals surface area contributed by atoms with Gasteiger partial charge in [-0.25, -0.2) is 15.0 Å². The van der Waals surface area contributed by atoms with Crippen molar-refractivity contribution in [3.8, 4) is 89.7 Å². The standard InChI is InChI=1S/C40H27NO.C38H27NO.C31H23N3O/c1-2-40(25-13-4-3-5-14-25)33-20-12-19-32(38-29-18-7-6-15-26(29)27-16-8-10-21-34(27)41-38)36(33)31-24-23-30-28-17-9-11-22-35(28)42-39(30)37(31)40;1-24-9-8-20-39-37(24)26-16-14-25(15-17-26)27-18-19-30-32-22-34-31(23-36(32)40-35(30)21-27)29-12-6-7-13-33(29)38(34,2)28-10-4-3-5-11-28;1-3-31(2)25-14-11-19(30-33-17-20(18-34-30)26-9-6-7-15-32-26)16-24(25)22-12-13-23-21-8-4-5-10-27(21)35-29(23)28(22)31/h3-24H,2H2,1H3;3-23H,1-2H3;4-18H,3H2,1-2H3. The van der Waals surface area contributed by atoms with Gasteiger partial charge in [-0.05, 0) is 194 Å². The van der Waals surface area contributed by atoms with Crippen LogP contribution in [0.2, 0.25) is 0 Å². The molecular weight excluding hydrogens is 1430 g/mol. The first-order chi connectivity index (χ1) is 57.6. The molecule has 8 heteroatoms. The summed E-state index contributed by atoms with van der Waals surface area (Å²) < 4.78 is 19.8. The van der Waals surface area contributed by atoms with Gasteiger partial charge in [0, 0.05) is 118 Å². The Morgan fingerprint density at radius 3 is 1.62 bits per heavy atom. The smallest absolute Gasteiger partial charge is 0.159 e. The van der Waals surface area contributed by atoms with Crippen LogP contribution in [0.25, 0.3) is 177 Å². The van der Waals surface area contributed by atoms with Crippen molar-refractivity contribution in [3.63, 3.8) is 0 Å². The molecule has 0 aliphatic heterocycles. The molecule has 24 rings (SSSR count). The number of pyridine rings is 3. The SMILES string of the molecule is CCC1(C)c2ccc(-c3ncc(-c4ccccn4)cn3)cc2-c2ccc3c(oc4ccccc43)c21.CCC1(c2ccccc2)c2cccc(-c3nc4ccccc4c4ccccc34)c2-c2ccc3c(oc4ccccc43)c21.Cc1cccnc1-c1ccc(-c2ccc3c(c2)oc2cc4c(cc23)C(C)(c2ccccc2)c2ccccc2-4)cc1. The molecule has 8 nitrogen and oxygen atoms in total. The predicted molar refractivity (Wildman–Crippen MR) is 479 cm³/mol. The highest BCUT2D eigenvalue weighted by molar-refractivity contribution is 6.16. The normalized spacial score (nSPS) is 16.1. The van der Waals surface area contributed by atoms with Crippen LogP contribution in [0.5, 0.6) is 0 Å². The number of hydrogen-bond acceptors (Lipinski definition) is 8. The lowest BCUT2D eigenvalue weighted by atomic mass is 9.70. The fourth-order valence-electron chi connectivity index (χ4n) is 19.9. The number of aromatic nitrogens is 5. The zero-order chi connectivity index (χ0) is 78.3. The lowest BCUT2D eigenvalue weighted by Crippen LogP contribution is -2.26. The maximum atomic E-state index is 6.76. The van der Waals surface area contributed by atoms with Gasteiger partial charge in [-0.15, -0.1) is 0 Å². The van der Waals surface area contributed by atoms with Gasteiger partial charge in [0.1, 0.15) is 33.5 Å². The Morgan fingerprint density at radius 1 is 0.308 bits per heavy atom. The molecule has 117 heavy (non-hydrogen) atoms. The summed E-state index contributed by atoms with van der Waals surface area (Å²) in [7, 11) is 0. The molecule has 0 amide bonds. The van der Waals surface area contributed by atoms with E-state index < -0.39 is 0 Å². The minimum Gasteiger partial charge on any atom is -0.456 e. The largest absolute Gasteiger partial charge is 0.456 e. The van der Waals surface area contributed by atoms with E-state index >= 15 is 0 Å². The number of hydrogen-bond donors (Lipinski definition) is 0. The molecule has 21 aromatic rings. The van der Waals surface area contributed by atoms with E-state index in [1.165, 1.54) is 116 Å². The van der Waals surface area contributed by atoms with Crippen LogP contribution < -0.4 is 0 Å². The van der Waals surface area contributed by atoms with Crippen LogP contribution in [0.4, 0.5) is 0 Å². The first-order valence-electron chi connectivity index (χ1n) is 40.5. The Morgan fingerprint density at radius 2 is 0.889 bits per heavy atom. The number of rotatable bonds is 9. The number of aryl methyl sites for hydroxylation is 1. The van der Waals surface area contributed by atoms with E-state index in [-0.39, 0.29) is 16.2 Å². The molecule has 3 aliphatic carbocycles. The summed E-state index contributed by atoms with van der Waals surface area (Å²) in [6.45, 7) is 11.4. The Balaban J connectivity index is 0.000000107. The molecule has 556 valence electrons. The highest BCUT2D eigenvalue weighted by Gasteiger charge is 2.48. The van der Waals surface area contributed by atoms with Crippen LogP contribution >= 0.6 is 0 Å². The van der Waals surface area contributed by atoms with Crippen LogP contribution in [0, 0.1) is 6.92 Å². The van der Waals surface area contributed by atoms with Crippen molar-refractivity contribution in [2.75, 3.05) is 0 Å². The van der Waals surface area contributed by atoms with Crippen molar-refractivity contribution in [1.29, 1.82) is 0 Å². The maximum Gasteiger partial charge on any atom is 0.159 e. The summed E-state index contributed by atoms with van der Waals surface area (Å²) in [6, 6.07) is 117. The summed E-state index contributed by atoms with van der Waals surface area (Å²) in [6.07, 6.45) is 9.22. The number of benzene rings is 14. The highest BCUT2D eigenvalue weighted by Crippen LogP contribution is 2.61. The molecule has 3 aliphatic rings. The van der Waals surface area contributed by atoms with Crippen molar-refractivity contribution in [2.45, 2.75) is 63.7 Å². The van der Waals surface area contributed by atoms with E-state index in [0.717, 1.165) is 118 Å². The Labute approximate surface area is 677 Å². The Bertz CT molecular complexity index is 7570. The molecular formula is C109H77N5O3. The van der Waals surface area contributed by atoms with Gasteiger partial charge >= 0.3 is 0 Å². The molecule has 0 saturated heterocycles. The van der Waals surface area contributed by atoms with E-state index in [2.05, 4.69) is 352 Å². The zero-order valence-electron chi connectivity index (χ0n) is 65.4. The summed E-state index contributed by atoms with van der Waals surface area (Å²) >= 11 is 0. The number of fused-ring (bicyclic) bond motifs is 23. The second kappa shape index (κ2) is 27.1. The predicted octanol–water partition coefficient (Wildman–Crippen LogP) is 28.4. The van der Waals surface area contributed by atoms with E-state index in [4.69, 9.17) is 18.2 Å². The number of para-hydroxylation sites is 3. The van der Waals surface area contributed by atoms with Crippen LogP contribution in [0.3, 0.4) is 0 Å². The third kappa shape index (κ3) is 10.6. The maximum absolute atomic E-state index is 6.76. The quantitative estimate of drug-likeness (QED) is 0.132. The summed E-state index contributed by atoms with van der Waals surface area (Å²) in [4.78, 5) is 23.7. The van der Waals surface area contributed by atoms with Crippen LogP contribution in [-0.2, 0) is 16.2 Å². The second-order valence-electron chi connectivity index (χ2n) is 31.7. The average molecular weight is 1500 g/mol. The Kier molecular flexibility index (Phi) is 16.1. The average Bonchev–Trinajstić information content (AvgIpc) is 1.53. The number of furan rings is 3. The fourth-order valence-corrected chi connectivity index (χ4v) is 19.9. The fraction of sp³-hybridized carbons (Fsp3) is 0.0917. The van der Waals surface area contributed by atoms with Crippen LogP contribution in [0.15, 0.2) is 366 Å². The molecule has 7 heterocycles. The van der Waals surface area contributed by atoms with Gasteiger partial charge in [-0.1, -0.05) is 269 Å². The monoisotopic (exact) mass is 1500 g/mol. The first kappa shape index (κ1) is 69.3. The van der Waals surface area contributed by atoms with E-state index in [0.29, 0.717) is 5.82 Å². The highest BCUT2D eigenvalue weighted by atomic mass is 16.3. The minimum atomic E-state index is -0.359.